The van der Waals surface area contributed by atoms with Crippen molar-refractivity contribution in [3.05, 3.63) is 24.9 Å². The Labute approximate surface area is 51.8 Å². The predicted octanol–water partition coefficient (Wildman–Crippen LogP) is 0.758. The molecule has 0 atom stereocenters. The van der Waals surface area contributed by atoms with Gasteiger partial charge < -0.3 is 4.98 Å². The number of nitrogens with one attached hydrogen (secondary N) is 1. The fourth-order valence-corrected chi connectivity index (χ4v) is 0.749. The van der Waals surface area contributed by atoms with Crippen LogP contribution < -0.4 is 0 Å². The Morgan fingerprint density at radius 1 is 1.44 bits per heavy atom. The minimum atomic E-state index is 0.907. The lowest BCUT2D eigenvalue weighted by Crippen LogP contribution is -1.73. The van der Waals surface area contributed by atoms with Gasteiger partial charge in [0.05, 0.1) is 5.52 Å². The Morgan fingerprint density at radius 3 is 3.33 bits per heavy atom. The summed E-state index contributed by atoms with van der Waals surface area (Å²) >= 11 is 0. The van der Waals surface area contributed by atoms with Crippen molar-refractivity contribution in [3.63, 3.8) is 0 Å². The lowest BCUT2D eigenvalue weighted by atomic mass is 10.4. The molecule has 1 radical (unpaired) electrons. The molecular weight excluding hydrogens is 114 g/mol. The zero-order valence-corrected chi connectivity index (χ0v) is 4.63. The Kier molecular flexibility index (Phi) is 0.773. The van der Waals surface area contributed by atoms with Crippen molar-refractivity contribution in [1.29, 1.82) is 0 Å². The Morgan fingerprint density at radius 2 is 2.44 bits per heavy atom. The highest BCUT2D eigenvalue weighted by Gasteiger charge is 1.90. The molecule has 2 aromatic heterocycles. The molecule has 0 aliphatic carbocycles. The largest absolute Gasteiger partial charge is 0.365 e. The number of hydrogen-bond donors (Lipinski definition) is 1. The zero-order valence-electron chi connectivity index (χ0n) is 4.63. The average molecular weight is 118 g/mol. The third-order valence-electron chi connectivity index (χ3n) is 1.19. The van der Waals surface area contributed by atoms with Gasteiger partial charge >= 0.3 is 0 Å². The molecule has 0 amide bonds. The van der Waals surface area contributed by atoms with Crippen LogP contribution in [-0.2, 0) is 0 Å². The second-order valence-electron chi connectivity index (χ2n) is 1.77. The number of fused-ring (bicyclic) bond motifs is 1. The molecular formula is C6H4N3. The summed E-state index contributed by atoms with van der Waals surface area (Å²) in [6.45, 7) is 0. The van der Waals surface area contributed by atoms with Crippen LogP contribution in [0.25, 0.3) is 10.9 Å². The van der Waals surface area contributed by atoms with Crippen molar-refractivity contribution in [1.82, 2.24) is 15.0 Å². The van der Waals surface area contributed by atoms with Crippen LogP contribution in [0.2, 0.25) is 0 Å². The van der Waals surface area contributed by atoms with Crippen molar-refractivity contribution in [2.24, 2.45) is 0 Å². The van der Waals surface area contributed by atoms with Crippen molar-refractivity contribution >= 4 is 10.9 Å². The van der Waals surface area contributed by atoms with E-state index in [0.29, 0.717) is 0 Å². The van der Waals surface area contributed by atoms with Crippen molar-refractivity contribution in [2.45, 2.75) is 0 Å². The zero-order chi connectivity index (χ0) is 6.10. The van der Waals surface area contributed by atoms with E-state index in [9.17, 15) is 0 Å². The molecule has 43 valence electrons. The van der Waals surface area contributed by atoms with Crippen molar-refractivity contribution < 1.29 is 0 Å². The highest BCUT2D eigenvalue weighted by Crippen LogP contribution is 2.04. The van der Waals surface area contributed by atoms with Crippen molar-refractivity contribution in [3.8, 4) is 0 Å². The van der Waals surface area contributed by atoms with Crippen LogP contribution in [0.4, 0.5) is 0 Å². The molecule has 2 rings (SSSR count). The molecule has 0 spiro atoms. The van der Waals surface area contributed by atoms with E-state index in [1.807, 2.05) is 12.4 Å². The van der Waals surface area contributed by atoms with Gasteiger partial charge in [0.1, 0.15) is 0 Å². The topological polar surface area (TPSA) is 41.6 Å². The number of nitrogens with zero attached hydrogens (tertiary/aromatic N) is 2. The normalized spacial score (nSPS) is 10.2. The van der Waals surface area contributed by atoms with Crippen molar-refractivity contribution in [2.75, 3.05) is 0 Å². The fraction of sp³-hybridized carbons (Fsp3) is 0. The second kappa shape index (κ2) is 1.55. The van der Waals surface area contributed by atoms with Crippen LogP contribution >= 0.6 is 0 Å². The Hall–Kier alpha value is -1.38. The second-order valence-corrected chi connectivity index (χ2v) is 1.77. The van der Waals surface area contributed by atoms with E-state index >= 15 is 0 Å². The summed E-state index contributed by atoms with van der Waals surface area (Å²) in [6, 6.07) is 0. The molecule has 0 aliphatic heterocycles. The van der Waals surface area contributed by atoms with Gasteiger partial charge in [-0.25, -0.2) is 9.97 Å². The molecule has 3 nitrogen and oxygen atoms in total. The van der Waals surface area contributed by atoms with Gasteiger partial charge in [0.2, 0.25) is 0 Å². The summed E-state index contributed by atoms with van der Waals surface area (Å²) in [5, 5.41) is 1.02. The van der Waals surface area contributed by atoms with Crippen LogP contribution in [0.5, 0.6) is 0 Å². The molecule has 0 unspecified atom stereocenters. The quantitative estimate of drug-likeness (QED) is 0.554. The highest BCUT2D eigenvalue weighted by atomic mass is 14.8. The number of hydrogen-bond acceptors (Lipinski definition) is 2. The summed E-state index contributed by atoms with van der Waals surface area (Å²) in [7, 11) is 0. The first kappa shape index (κ1) is 4.49. The molecule has 9 heavy (non-hydrogen) atoms. The lowest BCUT2D eigenvalue weighted by molar-refractivity contribution is 1.21. The molecule has 3 heteroatoms. The molecule has 1 N–H and O–H groups in total. The smallest absolute Gasteiger partial charge is 0.198 e. The molecule has 0 fully saturated rings. The van der Waals surface area contributed by atoms with E-state index in [1.165, 1.54) is 0 Å². The number of H-pyrrole nitrogens is 1. The van der Waals surface area contributed by atoms with Crippen LogP contribution in [-0.4, -0.2) is 15.0 Å². The van der Waals surface area contributed by atoms with Gasteiger partial charge in [0.25, 0.3) is 0 Å². The molecule has 0 aromatic carbocycles. The van der Waals surface area contributed by atoms with Gasteiger partial charge in [-0.3, -0.25) is 0 Å². The molecule has 0 saturated heterocycles. The monoisotopic (exact) mass is 118 g/mol. The van der Waals surface area contributed by atoms with Crippen LogP contribution in [0, 0.1) is 6.33 Å². The number of aromatic amines is 1. The summed E-state index contributed by atoms with van der Waals surface area (Å²) in [5.41, 5.74) is 0.907. The minimum absolute atomic E-state index is 0.907. The average Bonchev–Trinajstić information content (AvgIpc) is 2.33. The lowest BCUT2D eigenvalue weighted by Gasteiger charge is -1.79. The maximum Gasteiger partial charge on any atom is 0.198 e. The van der Waals surface area contributed by atoms with E-state index in [1.54, 1.807) is 6.20 Å². The Bertz CT molecular complexity index is 282. The van der Waals surface area contributed by atoms with Gasteiger partial charge in [0.15, 0.2) is 6.33 Å². The standard InChI is InChI=1S/C6H4N3/c1-5-2-8-4-9-6(5)3-7-1/h1-3,7H. The van der Waals surface area contributed by atoms with Gasteiger partial charge in [-0.05, 0) is 0 Å². The Balaban J connectivity index is 2.95. The van der Waals surface area contributed by atoms with Crippen LogP contribution in [0.15, 0.2) is 18.6 Å². The minimum Gasteiger partial charge on any atom is -0.365 e. The first-order valence-electron chi connectivity index (χ1n) is 2.62. The summed E-state index contributed by atoms with van der Waals surface area (Å²) in [4.78, 5) is 10.5. The fourth-order valence-electron chi connectivity index (χ4n) is 0.749. The third kappa shape index (κ3) is 0.579. The molecule has 0 aliphatic rings. The number of rotatable bonds is 0. The van der Waals surface area contributed by atoms with E-state index in [4.69, 9.17) is 0 Å². The SMILES string of the molecule is [c]1ncc2c[nH]cc2n1. The maximum atomic E-state index is 3.87. The maximum absolute atomic E-state index is 3.87. The van der Waals surface area contributed by atoms with E-state index in [0.717, 1.165) is 10.9 Å². The molecule has 0 bridgehead atoms. The predicted molar refractivity (Wildman–Crippen MR) is 32.7 cm³/mol. The highest BCUT2D eigenvalue weighted by molar-refractivity contribution is 5.76. The summed E-state index contributed by atoms with van der Waals surface area (Å²) in [6.07, 6.45) is 7.89. The van der Waals surface area contributed by atoms with E-state index in [-0.39, 0.29) is 0 Å². The third-order valence-corrected chi connectivity index (χ3v) is 1.19. The van der Waals surface area contributed by atoms with E-state index in [2.05, 4.69) is 21.3 Å². The van der Waals surface area contributed by atoms with Gasteiger partial charge in [-0.2, -0.15) is 0 Å². The van der Waals surface area contributed by atoms with Crippen LogP contribution in [0.1, 0.15) is 0 Å². The summed E-state index contributed by atoms with van der Waals surface area (Å²) < 4.78 is 0. The van der Waals surface area contributed by atoms with E-state index < -0.39 is 0 Å². The molecule has 0 saturated carbocycles. The molecule has 2 heterocycles. The van der Waals surface area contributed by atoms with Gasteiger partial charge in [-0.15, -0.1) is 0 Å². The first-order valence-corrected chi connectivity index (χ1v) is 2.62. The molecule has 2 aromatic rings. The summed E-state index contributed by atoms with van der Waals surface area (Å²) in [5.74, 6) is 0. The van der Waals surface area contributed by atoms with Crippen LogP contribution in [0.3, 0.4) is 0 Å². The number of aromatic nitrogens is 3. The van der Waals surface area contributed by atoms with Gasteiger partial charge in [0, 0.05) is 24.0 Å². The van der Waals surface area contributed by atoms with Gasteiger partial charge in [-0.1, -0.05) is 0 Å². The first-order chi connectivity index (χ1) is 4.47.